The van der Waals surface area contributed by atoms with Gasteiger partial charge in [-0.15, -0.1) is 0 Å². The summed E-state index contributed by atoms with van der Waals surface area (Å²) in [5, 5.41) is 3.42. The first-order chi connectivity index (χ1) is 7.22. The van der Waals surface area contributed by atoms with E-state index in [2.05, 4.69) is 12.2 Å². The van der Waals surface area contributed by atoms with E-state index in [1.54, 1.807) is 0 Å². The van der Waals surface area contributed by atoms with Crippen LogP contribution in [0.15, 0.2) is 0 Å². The average molecular weight is 215 g/mol. The Kier molecular flexibility index (Phi) is 5.05. The number of rotatable bonds is 4. The van der Waals surface area contributed by atoms with Gasteiger partial charge < -0.3 is 14.8 Å². The number of hydrogen-bond acceptors (Lipinski definition) is 4. The fourth-order valence-corrected chi connectivity index (χ4v) is 2.15. The van der Waals surface area contributed by atoms with Crippen LogP contribution in [0.5, 0.6) is 0 Å². The minimum atomic E-state index is -0.141. The third-order valence-corrected chi connectivity index (χ3v) is 2.93. The van der Waals surface area contributed by atoms with Crippen LogP contribution in [-0.2, 0) is 14.3 Å². The maximum Gasteiger partial charge on any atom is 0.307 e. The van der Waals surface area contributed by atoms with E-state index >= 15 is 0 Å². The van der Waals surface area contributed by atoms with Gasteiger partial charge in [-0.05, 0) is 25.8 Å². The van der Waals surface area contributed by atoms with E-state index in [9.17, 15) is 4.79 Å². The van der Waals surface area contributed by atoms with Crippen LogP contribution in [-0.4, -0.2) is 38.4 Å². The molecule has 0 saturated carbocycles. The van der Waals surface area contributed by atoms with Crippen molar-refractivity contribution in [3.63, 3.8) is 0 Å². The van der Waals surface area contributed by atoms with E-state index in [-0.39, 0.29) is 11.5 Å². The molecule has 1 aliphatic heterocycles. The second-order valence-electron chi connectivity index (χ2n) is 4.03. The normalized spacial score (nSPS) is 27.1. The molecule has 88 valence electrons. The van der Waals surface area contributed by atoms with Crippen LogP contribution in [0.25, 0.3) is 0 Å². The highest BCUT2D eigenvalue weighted by Gasteiger charge is 2.33. The highest BCUT2D eigenvalue weighted by atomic mass is 16.5. The topological polar surface area (TPSA) is 47.6 Å². The molecule has 0 aromatic rings. The highest BCUT2D eigenvalue weighted by molar-refractivity contribution is 5.70. The molecule has 1 aliphatic rings. The first-order valence-electron chi connectivity index (χ1n) is 5.62. The second-order valence-corrected chi connectivity index (χ2v) is 4.03. The standard InChI is InChI=1S/C11H21NO3/c1-3-12-11(9-10(13)14-2)5-4-7-15-8-6-11/h12H,3-9H2,1-2H3. The molecule has 0 amide bonds. The summed E-state index contributed by atoms with van der Waals surface area (Å²) in [7, 11) is 1.44. The zero-order chi connectivity index (χ0) is 11.1. The first-order valence-corrected chi connectivity index (χ1v) is 5.62. The lowest BCUT2D eigenvalue weighted by Gasteiger charge is -2.32. The predicted molar refractivity (Wildman–Crippen MR) is 57.7 cm³/mol. The van der Waals surface area contributed by atoms with Gasteiger partial charge in [0, 0.05) is 18.8 Å². The Balaban J connectivity index is 2.61. The third kappa shape index (κ3) is 3.80. The summed E-state index contributed by atoms with van der Waals surface area (Å²) in [5.74, 6) is -0.141. The van der Waals surface area contributed by atoms with Gasteiger partial charge in [0.25, 0.3) is 0 Å². The van der Waals surface area contributed by atoms with E-state index in [0.29, 0.717) is 6.42 Å². The first kappa shape index (κ1) is 12.5. The predicted octanol–water partition coefficient (Wildman–Crippen LogP) is 1.10. The molecule has 1 N–H and O–H groups in total. The number of hydrogen-bond donors (Lipinski definition) is 1. The number of carbonyl (C=O) groups is 1. The molecule has 0 spiro atoms. The van der Waals surface area contributed by atoms with Gasteiger partial charge in [0.05, 0.1) is 13.5 Å². The Morgan fingerprint density at radius 1 is 1.47 bits per heavy atom. The summed E-state index contributed by atoms with van der Waals surface area (Å²) in [4.78, 5) is 11.4. The molecule has 1 atom stereocenters. The van der Waals surface area contributed by atoms with E-state index < -0.39 is 0 Å². The van der Waals surface area contributed by atoms with Gasteiger partial charge in [-0.3, -0.25) is 4.79 Å². The lowest BCUT2D eigenvalue weighted by atomic mass is 9.87. The lowest BCUT2D eigenvalue weighted by Crippen LogP contribution is -2.47. The van der Waals surface area contributed by atoms with Gasteiger partial charge in [0.15, 0.2) is 0 Å². The van der Waals surface area contributed by atoms with Crippen molar-refractivity contribution >= 4 is 5.97 Å². The van der Waals surface area contributed by atoms with Crippen molar-refractivity contribution in [1.82, 2.24) is 5.32 Å². The van der Waals surface area contributed by atoms with E-state index in [4.69, 9.17) is 9.47 Å². The highest BCUT2D eigenvalue weighted by Crippen LogP contribution is 2.25. The van der Waals surface area contributed by atoms with Crippen LogP contribution >= 0.6 is 0 Å². The Morgan fingerprint density at radius 2 is 2.27 bits per heavy atom. The molecule has 1 heterocycles. The maximum atomic E-state index is 11.4. The Bertz CT molecular complexity index is 198. The van der Waals surface area contributed by atoms with E-state index in [0.717, 1.165) is 39.0 Å². The van der Waals surface area contributed by atoms with Crippen molar-refractivity contribution in [2.75, 3.05) is 26.9 Å². The van der Waals surface area contributed by atoms with Gasteiger partial charge in [0.2, 0.25) is 0 Å². The fraction of sp³-hybridized carbons (Fsp3) is 0.909. The van der Waals surface area contributed by atoms with Gasteiger partial charge in [0.1, 0.15) is 0 Å². The molecule has 1 fully saturated rings. The molecule has 4 nitrogen and oxygen atoms in total. The van der Waals surface area contributed by atoms with Crippen molar-refractivity contribution < 1.29 is 14.3 Å². The average Bonchev–Trinajstić information content (AvgIpc) is 2.44. The minimum Gasteiger partial charge on any atom is -0.469 e. The van der Waals surface area contributed by atoms with Gasteiger partial charge in [-0.25, -0.2) is 0 Å². The minimum absolute atomic E-state index is 0.113. The van der Waals surface area contributed by atoms with Crippen molar-refractivity contribution in [3.05, 3.63) is 0 Å². The van der Waals surface area contributed by atoms with Crippen LogP contribution < -0.4 is 5.32 Å². The number of carbonyl (C=O) groups excluding carboxylic acids is 1. The molecule has 0 aromatic heterocycles. The molecule has 0 bridgehead atoms. The Labute approximate surface area is 91.3 Å². The molecule has 0 aliphatic carbocycles. The van der Waals surface area contributed by atoms with Gasteiger partial charge in [-0.2, -0.15) is 0 Å². The Morgan fingerprint density at radius 3 is 2.93 bits per heavy atom. The molecule has 15 heavy (non-hydrogen) atoms. The largest absolute Gasteiger partial charge is 0.469 e. The van der Waals surface area contributed by atoms with Crippen molar-refractivity contribution in [3.8, 4) is 0 Å². The van der Waals surface area contributed by atoms with Crippen molar-refractivity contribution in [2.24, 2.45) is 0 Å². The molecule has 0 aromatic carbocycles. The summed E-state index contributed by atoms with van der Waals surface area (Å²) in [6, 6.07) is 0. The van der Waals surface area contributed by atoms with E-state index in [1.807, 2.05) is 0 Å². The molecule has 4 heteroatoms. The second kappa shape index (κ2) is 6.08. The van der Waals surface area contributed by atoms with Gasteiger partial charge in [-0.1, -0.05) is 6.92 Å². The number of methoxy groups -OCH3 is 1. The van der Waals surface area contributed by atoms with Gasteiger partial charge >= 0.3 is 5.97 Å². The zero-order valence-electron chi connectivity index (χ0n) is 9.67. The van der Waals surface area contributed by atoms with Crippen molar-refractivity contribution in [2.45, 2.75) is 38.1 Å². The summed E-state index contributed by atoms with van der Waals surface area (Å²) in [5.41, 5.74) is -0.113. The van der Waals surface area contributed by atoms with Crippen LogP contribution in [0, 0.1) is 0 Å². The summed E-state index contributed by atoms with van der Waals surface area (Å²) >= 11 is 0. The number of ether oxygens (including phenoxy) is 2. The molecule has 1 rings (SSSR count). The third-order valence-electron chi connectivity index (χ3n) is 2.93. The van der Waals surface area contributed by atoms with Crippen molar-refractivity contribution in [1.29, 1.82) is 0 Å². The number of nitrogens with one attached hydrogen (secondary N) is 1. The fourth-order valence-electron chi connectivity index (χ4n) is 2.15. The SMILES string of the molecule is CCNC1(CC(=O)OC)CCCOCC1. The zero-order valence-corrected chi connectivity index (χ0v) is 9.67. The summed E-state index contributed by atoms with van der Waals surface area (Å²) < 4.78 is 10.2. The van der Waals surface area contributed by atoms with Crippen LogP contribution in [0.3, 0.4) is 0 Å². The Hall–Kier alpha value is -0.610. The van der Waals surface area contributed by atoms with E-state index in [1.165, 1.54) is 7.11 Å². The van der Waals surface area contributed by atoms with Crippen LogP contribution in [0.1, 0.15) is 32.6 Å². The van der Waals surface area contributed by atoms with Crippen LogP contribution in [0.2, 0.25) is 0 Å². The summed E-state index contributed by atoms with van der Waals surface area (Å²) in [6.45, 7) is 4.46. The quantitative estimate of drug-likeness (QED) is 0.713. The maximum absolute atomic E-state index is 11.4. The number of esters is 1. The molecule has 1 saturated heterocycles. The molecule has 0 radical (unpaired) electrons. The smallest absolute Gasteiger partial charge is 0.307 e. The summed E-state index contributed by atoms with van der Waals surface area (Å²) in [6.07, 6.45) is 3.32. The monoisotopic (exact) mass is 215 g/mol. The van der Waals surface area contributed by atoms with Crippen LogP contribution in [0.4, 0.5) is 0 Å². The molecular weight excluding hydrogens is 194 g/mol. The lowest BCUT2D eigenvalue weighted by molar-refractivity contribution is -0.142. The molecule has 1 unspecified atom stereocenters. The molecular formula is C11H21NO3.